The molecular formula is C16H14ClNO3. The lowest BCUT2D eigenvalue weighted by molar-refractivity contribution is 0.0981. The topological polar surface area (TPSA) is 60.8 Å². The van der Waals surface area contributed by atoms with Crippen LogP contribution in [0, 0.1) is 0 Å². The first-order valence-electron chi connectivity index (χ1n) is 6.69. The highest BCUT2D eigenvalue weighted by molar-refractivity contribution is 6.31. The zero-order valence-electron chi connectivity index (χ0n) is 11.2. The third-order valence-corrected chi connectivity index (χ3v) is 3.87. The molecule has 2 N–H and O–H groups in total. The van der Waals surface area contributed by atoms with Crippen molar-refractivity contribution >= 4 is 23.2 Å². The molecule has 0 aromatic heterocycles. The number of aromatic hydroxyl groups is 2. The van der Waals surface area contributed by atoms with E-state index in [9.17, 15) is 15.0 Å². The second-order valence-corrected chi connectivity index (χ2v) is 5.44. The van der Waals surface area contributed by atoms with Crippen molar-refractivity contribution in [2.24, 2.45) is 0 Å². The van der Waals surface area contributed by atoms with E-state index in [-0.39, 0.29) is 23.0 Å². The number of amides is 1. The van der Waals surface area contributed by atoms with E-state index in [4.69, 9.17) is 11.6 Å². The first-order valence-corrected chi connectivity index (χ1v) is 7.07. The van der Waals surface area contributed by atoms with Crippen LogP contribution in [0.3, 0.4) is 0 Å². The largest absolute Gasteiger partial charge is 0.507 e. The number of nitrogens with zero attached hydrogens (tertiary/aromatic N) is 1. The van der Waals surface area contributed by atoms with E-state index >= 15 is 0 Å². The van der Waals surface area contributed by atoms with Gasteiger partial charge in [-0.1, -0.05) is 23.7 Å². The van der Waals surface area contributed by atoms with Crippen LogP contribution in [0.1, 0.15) is 22.3 Å². The van der Waals surface area contributed by atoms with Crippen LogP contribution in [0.5, 0.6) is 11.5 Å². The SMILES string of the molecule is O=C(c1cc(Cl)ccc1O)N1CCCc2cccc(O)c21. The fraction of sp³-hybridized carbons (Fsp3) is 0.188. The number of aryl methyl sites for hydroxylation is 1. The number of benzene rings is 2. The summed E-state index contributed by atoms with van der Waals surface area (Å²) in [5.41, 5.74) is 1.59. The van der Waals surface area contributed by atoms with E-state index in [2.05, 4.69) is 0 Å². The minimum Gasteiger partial charge on any atom is -0.507 e. The predicted molar refractivity (Wildman–Crippen MR) is 81.2 cm³/mol. The Hall–Kier alpha value is -2.20. The quantitative estimate of drug-likeness (QED) is 0.849. The van der Waals surface area contributed by atoms with E-state index in [0.29, 0.717) is 17.3 Å². The highest BCUT2D eigenvalue weighted by Gasteiger charge is 2.27. The van der Waals surface area contributed by atoms with Gasteiger partial charge in [-0.2, -0.15) is 0 Å². The van der Waals surface area contributed by atoms with Gasteiger partial charge in [-0.15, -0.1) is 0 Å². The van der Waals surface area contributed by atoms with Crippen LogP contribution in [0.4, 0.5) is 5.69 Å². The van der Waals surface area contributed by atoms with Gasteiger partial charge in [-0.3, -0.25) is 4.79 Å². The number of anilines is 1. The standard InChI is InChI=1S/C16H14ClNO3/c17-11-6-7-13(19)12(9-11)16(21)18-8-2-4-10-3-1-5-14(20)15(10)18/h1,3,5-7,9,19-20H,2,4,8H2. The summed E-state index contributed by atoms with van der Waals surface area (Å²) in [5, 5.41) is 20.3. The van der Waals surface area contributed by atoms with Crippen LogP contribution in [0.2, 0.25) is 5.02 Å². The summed E-state index contributed by atoms with van der Waals surface area (Å²) in [6.07, 6.45) is 1.62. The molecule has 0 unspecified atom stereocenters. The number of fused-ring (bicyclic) bond motifs is 1. The van der Waals surface area contributed by atoms with Crippen molar-refractivity contribution in [3.05, 3.63) is 52.5 Å². The number of halogens is 1. The van der Waals surface area contributed by atoms with Crippen LogP contribution in [0.15, 0.2) is 36.4 Å². The summed E-state index contributed by atoms with van der Waals surface area (Å²) in [6, 6.07) is 9.57. The van der Waals surface area contributed by atoms with Crippen molar-refractivity contribution in [3.63, 3.8) is 0 Å². The Morgan fingerprint density at radius 3 is 2.76 bits per heavy atom. The van der Waals surface area contributed by atoms with Crippen molar-refractivity contribution in [1.82, 2.24) is 0 Å². The maximum absolute atomic E-state index is 12.7. The molecular weight excluding hydrogens is 290 g/mol. The average molecular weight is 304 g/mol. The maximum Gasteiger partial charge on any atom is 0.262 e. The zero-order chi connectivity index (χ0) is 15.0. The van der Waals surface area contributed by atoms with Crippen molar-refractivity contribution in [1.29, 1.82) is 0 Å². The Morgan fingerprint density at radius 2 is 1.95 bits per heavy atom. The van der Waals surface area contributed by atoms with Crippen molar-refractivity contribution in [2.75, 3.05) is 11.4 Å². The summed E-state index contributed by atoms with van der Waals surface area (Å²) in [4.78, 5) is 14.2. The fourth-order valence-corrected chi connectivity index (χ4v) is 2.83. The summed E-state index contributed by atoms with van der Waals surface area (Å²) >= 11 is 5.90. The number of carbonyl (C=O) groups excluding carboxylic acids is 1. The van der Waals surface area contributed by atoms with Crippen LogP contribution in [-0.2, 0) is 6.42 Å². The third-order valence-electron chi connectivity index (χ3n) is 3.63. The van der Waals surface area contributed by atoms with Crippen molar-refractivity contribution < 1.29 is 15.0 Å². The molecule has 0 bridgehead atoms. The molecule has 1 aliphatic heterocycles. The van der Waals surface area contributed by atoms with Gasteiger partial charge in [0, 0.05) is 11.6 Å². The lowest BCUT2D eigenvalue weighted by atomic mass is 10.00. The van der Waals surface area contributed by atoms with E-state index in [0.717, 1.165) is 18.4 Å². The zero-order valence-corrected chi connectivity index (χ0v) is 12.0. The maximum atomic E-state index is 12.7. The molecule has 1 aliphatic rings. The Balaban J connectivity index is 2.06. The molecule has 1 heterocycles. The van der Waals surface area contributed by atoms with Gasteiger partial charge in [-0.05, 0) is 42.7 Å². The van der Waals surface area contributed by atoms with Crippen LogP contribution >= 0.6 is 11.6 Å². The number of hydrogen-bond acceptors (Lipinski definition) is 3. The molecule has 0 aliphatic carbocycles. The minimum absolute atomic E-state index is 0.0714. The van der Waals surface area contributed by atoms with E-state index < -0.39 is 0 Å². The number of phenolic OH excluding ortho intramolecular Hbond substituents is 2. The highest BCUT2D eigenvalue weighted by atomic mass is 35.5. The lowest BCUT2D eigenvalue weighted by Crippen LogP contribution is -2.35. The molecule has 1 amide bonds. The summed E-state index contributed by atoms with van der Waals surface area (Å²) in [7, 11) is 0. The number of para-hydroxylation sites is 1. The molecule has 2 aromatic rings. The van der Waals surface area contributed by atoms with Gasteiger partial charge in [0.25, 0.3) is 5.91 Å². The number of phenols is 2. The second kappa shape index (κ2) is 5.30. The molecule has 0 saturated carbocycles. The first kappa shape index (κ1) is 13.8. The van der Waals surface area contributed by atoms with Crippen LogP contribution < -0.4 is 4.90 Å². The second-order valence-electron chi connectivity index (χ2n) is 5.01. The van der Waals surface area contributed by atoms with Gasteiger partial charge in [0.1, 0.15) is 11.5 Å². The molecule has 3 rings (SSSR count). The molecule has 5 heteroatoms. The van der Waals surface area contributed by atoms with Crippen molar-refractivity contribution in [2.45, 2.75) is 12.8 Å². The normalized spacial score (nSPS) is 13.9. The van der Waals surface area contributed by atoms with E-state index in [1.165, 1.54) is 23.1 Å². The van der Waals surface area contributed by atoms with Crippen molar-refractivity contribution in [3.8, 4) is 11.5 Å². The molecule has 0 saturated heterocycles. The van der Waals surface area contributed by atoms with Crippen LogP contribution in [-0.4, -0.2) is 22.7 Å². The van der Waals surface area contributed by atoms with Gasteiger partial charge in [0.15, 0.2) is 0 Å². The first-order chi connectivity index (χ1) is 10.1. The number of carbonyl (C=O) groups is 1. The van der Waals surface area contributed by atoms with Gasteiger partial charge in [-0.25, -0.2) is 0 Å². The molecule has 2 aromatic carbocycles. The Labute approximate surface area is 127 Å². The summed E-state index contributed by atoms with van der Waals surface area (Å²) < 4.78 is 0. The Morgan fingerprint density at radius 1 is 1.14 bits per heavy atom. The smallest absolute Gasteiger partial charge is 0.262 e. The number of hydrogen-bond donors (Lipinski definition) is 2. The molecule has 21 heavy (non-hydrogen) atoms. The number of rotatable bonds is 1. The van der Waals surface area contributed by atoms with Gasteiger partial charge in [0.05, 0.1) is 11.3 Å². The summed E-state index contributed by atoms with van der Waals surface area (Å²) in [5.74, 6) is -0.411. The molecule has 0 atom stereocenters. The lowest BCUT2D eigenvalue weighted by Gasteiger charge is -2.30. The highest BCUT2D eigenvalue weighted by Crippen LogP contribution is 2.37. The Kier molecular flexibility index (Phi) is 3.47. The molecule has 4 nitrogen and oxygen atoms in total. The Bertz CT molecular complexity index is 715. The fourth-order valence-electron chi connectivity index (χ4n) is 2.66. The molecule has 108 valence electrons. The van der Waals surface area contributed by atoms with Crippen LogP contribution in [0.25, 0.3) is 0 Å². The summed E-state index contributed by atoms with van der Waals surface area (Å²) in [6.45, 7) is 0.495. The molecule has 0 fully saturated rings. The van der Waals surface area contributed by atoms with E-state index in [1.54, 1.807) is 12.1 Å². The molecule has 0 radical (unpaired) electrons. The third kappa shape index (κ3) is 2.43. The predicted octanol–water partition coefficient (Wildman–Crippen LogP) is 3.34. The molecule has 0 spiro atoms. The van der Waals surface area contributed by atoms with Gasteiger partial charge >= 0.3 is 0 Å². The van der Waals surface area contributed by atoms with E-state index in [1.807, 2.05) is 6.07 Å². The minimum atomic E-state index is -0.363. The monoisotopic (exact) mass is 303 g/mol. The van der Waals surface area contributed by atoms with Gasteiger partial charge in [0.2, 0.25) is 0 Å². The average Bonchev–Trinajstić information content (AvgIpc) is 2.49. The van der Waals surface area contributed by atoms with Gasteiger partial charge < -0.3 is 15.1 Å².